The molecule has 1 aromatic rings. The summed E-state index contributed by atoms with van der Waals surface area (Å²) in [5.74, 6) is 0.161. The number of nitrogens with zero attached hydrogens (tertiary/aromatic N) is 2. The molecular formula is C14H21N3O. The zero-order chi connectivity index (χ0) is 13.1. The van der Waals surface area contributed by atoms with Crippen molar-refractivity contribution < 1.29 is 4.79 Å². The summed E-state index contributed by atoms with van der Waals surface area (Å²) >= 11 is 0. The number of rotatable bonds is 3. The lowest BCUT2D eigenvalue weighted by Gasteiger charge is -2.39. The lowest BCUT2D eigenvalue weighted by molar-refractivity contribution is -0.122. The molecule has 1 fully saturated rings. The summed E-state index contributed by atoms with van der Waals surface area (Å²) in [4.78, 5) is 16.5. The van der Waals surface area contributed by atoms with Crippen LogP contribution in [-0.2, 0) is 4.79 Å². The highest BCUT2D eigenvalue weighted by atomic mass is 16.2. The van der Waals surface area contributed by atoms with Crippen LogP contribution in [0.2, 0.25) is 0 Å². The highest BCUT2D eigenvalue weighted by Gasteiger charge is 2.33. The van der Waals surface area contributed by atoms with Gasteiger partial charge in [-0.05, 0) is 33.2 Å². The van der Waals surface area contributed by atoms with Gasteiger partial charge in [-0.25, -0.2) is 0 Å². The summed E-state index contributed by atoms with van der Waals surface area (Å²) < 4.78 is 0. The zero-order valence-electron chi connectivity index (χ0n) is 11.3. The molecule has 0 aromatic heterocycles. The lowest BCUT2D eigenvalue weighted by Crippen LogP contribution is -2.62. The molecule has 98 valence electrons. The summed E-state index contributed by atoms with van der Waals surface area (Å²) in [7, 11) is 3.97. The Hall–Kier alpha value is -1.39. The predicted molar refractivity (Wildman–Crippen MR) is 73.7 cm³/mol. The third-order valence-corrected chi connectivity index (χ3v) is 3.22. The molecule has 1 aliphatic heterocycles. The quantitative estimate of drug-likeness (QED) is 0.863. The van der Waals surface area contributed by atoms with Gasteiger partial charge in [0.15, 0.2) is 0 Å². The number of anilines is 1. The second-order valence-electron chi connectivity index (χ2n) is 5.12. The first kappa shape index (κ1) is 13.1. The maximum atomic E-state index is 12.5. The van der Waals surface area contributed by atoms with Crippen LogP contribution in [0.1, 0.15) is 6.92 Å². The Balaban J connectivity index is 2.19. The minimum atomic E-state index is -0.114. The van der Waals surface area contributed by atoms with E-state index in [0.717, 1.165) is 18.8 Å². The number of carbonyl (C=O) groups excluding carboxylic acids is 1. The van der Waals surface area contributed by atoms with Gasteiger partial charge >= 0.3 is 0 Å². The van der Waals surface area contributed by atoms with Crippen LogP contribution in [0, 0.1) is 0 Å². The van der Waals surface area contributed by atoms with E-state index >= 15 is 0 Å². The normalized spacial score (nSPS) is 24.7. The van der Waals surface area contributed by atoms with E-state index in [1.165, 1.54) is 0 Å². The third kappa shape index (κ3) is 2.71. The van der Waals surface area contributed by atoms with Crippen molar-refractivity contribution >= 4 is 11.6 Å². The average molecular weight is 247 g/mol. The molecule has 1 aliphatic rings. The van der Waals surface area contributed by atoms with Gasteiger partial charge in [-0.2, -0.15) is 0 Å². The molecule has 4 nitrogen and oxygen atoms in total. The highest BCUT2D eigenvalue weighted by molar-refractivity contribution is 5.98. The number of amides is 1. The molecule has 0 saturated carbocycles. The van der Waals surface area contributed by atoms with E-state index in [4.69, 9.17) is 0 Å². The number of carbonyl (C=O) groups is 1. The van der Waals surface area contributed by atoms with Gasteiger partial charge in [-0.3, -0.25) is 4.79 Å². The Labute approximate surface area is 109 Å². The lowest BCUT2D eigenvalue weighted by atomic mass is 10.1. The Morgan fingerprint density at radius 1 is 1.33 bits per heavy atom. The molecule has 0 aliphatic carbocycles. The van der Waals surface area contributed by atoms with Crippen LogP contribution in [0.15, 0.2) is 30.3 Å². The Bertz CT molecular complexity index is 405. The molecule has 0 spiro atoms. The van der Waals surface area contributed by atoms with Crippen LogP contribution >= 0.6 is 0 Å². The van der Waals surface area contributed by atoms with Crippen LogP contribution in [0.5, 0.6) is 0 Å². The van der Waals surface area contributed by atoms with Crippen LogP contribution in [0.3, 0.4) is 0 Å². The Kier molecular flexibility index (Phi) is 3.99. The molecule has 2 atom stereocenters. The first-order valence-corrected chi connectivity index (χ1v) is 6.36. The third-order valence-electron chi connectivity index (χ3n) is 3.22. The largest absolute Gasteiger partial charge is 0.307 e. The number of nitrogens with one attached hydrogen (secondary N) is 1. The molecular weight excluding hydrogens is 226 g/mol. The van der Waals surface area contributed by atoms with Gasteiger partial charge in [0.25, 0.3) is 0 Å². The van der Waals surface area contributed by atoms with Crippen LogP contribution < -0.4 is 10.2 Å². The second kappa shape index (κ2) is 5.50. The number of benzene rings is 1. The van der Waals surface area contributed by atoms with E-state index in [0.29, 0.717) is 0 Å². The van der Waals surface area contributed by atoms with Gasteiger partial charge in [0.05, 0.1) is 0 Å². The summed E-state index contributed by atoms with van der Waals surface area (Å²) in [5.41, 5.74) is 0.986. The van der Waals surface area contributed by atoms with Crippen LogP contribution in [0.25, 0.3) is 0 Å². The fourth-order valence-electron chi connectivity index (χ4n) is 2.35. The van der Waals surface area contributed by atoms with E-state index in [1.807, 2.05) is 54.2 Å². The minimum absolute atomic E-state index is 0.114. The van der Waals surface area contributed by atoms with Crippen LogP contribution in [0.4, 0.5) is 5.69 Å². The van der Waals surface area contributed by atoms with Gasteiger partial charge < -0.3 is 15.1 Å². The van der Waals surface area contributed by atoms with Crippen molar-refractivity contribution in [3.63, 3.8) is 0 Å². The van der Waals surface area contributed by atoms with Crippen molar-refractivity contribution in [2.45, 2.75) is 19.0 Å². The molecule has 18 heavy (non-hydrogen) atoms. The molecule has 1 heterocycles. The fourth-order valence-corrected chi connectivity index (χ4v) is 2.35. The van der Waals surface area contributed by atoms with E-state index in [2.05, 4.69) is 12.2 Å². The highest BCUT2D eigenvalue weighted by Crippen LogP contribution is 2.20. The number of hydrogen-bond donors (Lipinski definition) is 1. The molecule has 1 saturated heterocycles. The zero-order valence-corrected chi connectivity index (χ0v) is 11.3. The molecule has 0 bridgehead atoms. The van der Waals surface area contributed by atoms with Crippen molar-refractivity contribution in [3.8, 4) is 0 Å². The first-order chi connectivity index (χ1) is 8.59. The summed E-state index contributed by atoms with van der Waals surface area (Å²) in [6.07, 6.45) is 0. The summed E-state index contributed by atoms with van der Waals surface area (Å²) in [5, 5.41) is 3.32. The summed E-state index contributed by atoms with van der Waals surface area (Å²) in [6.45, 7) is 3.64. The average Bonchev–Trinajstić information content (AvgIpc) is 2.34. The summed E-state index contributed by atoms with van der Waals surface area (Å²) in [6, 6.07) is 9.97. The molecule has 2 rings (SSSR count). The van der Waals surface area contributed by atoms with Crippen molar-refractivity contribution in [2.75, 3.05) is 32.1 Å². The number of piperazine rings is 1. The maximum Gasteiger partial charge on any atom is 0.245 e. The van der Waals surface area contributed by atoms with Crippen molar-refractivity contribution in [2.24, 2.45) is 0 Å². The van der Waals surface area contributed by atoms with Crippen molar-refractivity contribution in [1.82, 2.24) is 10.2 Å². The SMILES string of the molecule is CC1CNC(CN(C)C)C(=O)N1c1ccccc1. The van der Waals surface area contributed by atoms with Crippen molar-refractivity contribution in [3.05, 3.63) is 30.3 Å². The maximum absolute atomic E-state index is 12.5. The molecule has 1 N–H and O–H groups in total. The van der Waals surface area contributed by atoms with Gasteiger partial charge in [0, 0.05) is 24.8 Å². The standard InChI is InChI=1S/C14H21N3O/c1-11-9-15-13(10-16(2)3)14(18)17(11)12-7-5-4-6-8-12/h4-8,11,13,15H,9-10H2,1-3H3. The smallest absolute Gasteiger partial charge is 0.245 e. The number of para-hydroxylation sites is 1. The van der Waals surface area contributed by atoms with Gasteiger partial charge in [-0.15, -0.1) is 0 Å². The van der Waals surface area contributed by atoms with Gasteiger partial charge in [-0.1, -0.05) is 18.2 Å². The topological polar surface area (TPSA) is 35.6 Å². The van der Waals surface area contributed by atoms with E-state index < -0.39 is 0 Å². The van der Waals surface area contributed by atoms with Gasteiger partial charge in [0.2, 0.25) is 5.91 Å². The van der Waals surface area contributed by atoms with E-state index in [1.54, 1.807) is 0 Å². The van der Waals surface area contributed by atoms with E-state index in [9.17, 15) is 4.79 Å². The first-order valence-electron chi connectivity index (χ1n) is 6.36. The molecule has 2 unspecified atom stereocenters. The molecule has 1 aromatic carbocycles. The Morgan fingerprint density at radius 2 is 2.00 bits per heavy atom. The monoisotopic (exact) mass is 247 g/mol. The van der Waals surface area contributed by atoms with Gasteiger partial charge in [0.1, 0.15) is 6.04 Å². The number of hydrogen-bond acceptors (Lipinski definition) is 3. The van der Waals surface area contributed by atoms with Crippen LogP contribution in [-0.4, -0.2) is 50.1 Å². The molecule has 4 heteroatoms. The fraction of sp³-hybridized carbons (Fsp3) is 0.500. The van der Waals surface area contributed by atoms with E-state index in [-0.39, 0.29) is 18.0 Å². The second-order valence-corrected chi connectivity index (χ2v) is 5.12. The minimum Gasteiger partial charge on any atom is -0.307 e. The Morgan fingerprint density at radius 3 is 2.61 bits per heavy atom. The molecule has 1 amide bonds. The predicted octanol–water partition coefficient (Wildman–Crippen LogP) is 0.942. The molecule has 0 radical (unpaired) electrons. The van der Waals surface area contributed by atoms with Crippen molar-refractivity contribution in [1.29, 1.82) is 0 Å². The number of likely N-dealkylation sites (N-methyl/N-ethyl adjacent to an activating group) is 1.